The van der Waals surface area contributed by atoms with Crippen LogP contribution in [0.3, 0.4) is 0 Å². The molecule has 1 aromatic rings. The van der Waals surface area contributed by atoms with E-state index in [1.165, 1.54) is 27.8 Å². The van der Waals surface area contributed by atoms with E-state index in [0.29, 0.717) is 0 Å². The molecule has 1 heterocycles. The third-order valence-corrected chi connectivity index (χ3v) is 3.01. The molecule has 82 valence electrons. The van der Waals surface area contributed by atoms with E-state index in [0.717, 1.165) is 12.3 Å². The molecule has 1 aromatic carbocycles. The highest BCUT2D eigenvalue weighted by Gasteiger charge is 2.18. The van der Waals surface area contributed by atoms with Gasteiger partial charge in [-0.05, 0) is 43.5 Å². The monoisotopic (exact) mass is 211 g/mol. The number of allylic oxidation sites excluding steroid dienone is 3. The summed E-state index contributed by atoms with van der Waals surface area (Å²) >= 11 is 0. The predicted octanol–water partition coefficient (Wildman–Crippen LogP) is 3.74. The van der Waals surface area contributed by atoms with E-state index >= 15 is 0 Å². The fourth-order valence-corrected chi connectivity index (χ4v) is 2.25. The third-order valence-electron chi connectivity index (χ3n) is 3.01. The van der Waals surface area contributed by atoms with E-state index in [4.69, 9.17) is 0 Å². The SMILES string of the molecule is C=C/C=C(\C)C1=NCc2c(C)cc(C)cc21. The molecule has 0 fully saturated rings. The van der Waals surface area contributed by atoms with E-state index in [9.17, 15) is 0 Å². The van der Waals surface area contributed by atoms with Crippen LogP contribution < -0.4 is 0 Å². The molecule has 0 radical (unpaired) electrons. The first kappa shape index (κ1) is 10.9. The zero-order chi connectivity index (χ0) is 11.7. The minimum atomic E-state index is 0.819. The van der Waals surface area contributed by atoms with Crippen molar-refractivity contribution in [3.05, 3.63) is 58.7 Å². The molecule has 16 heavy (non-hydrogen) atoms. The second kappa shape index (κ2) is 4.09. The molecular weight excluding hydrogens is 194 g/mol. The van der Waals surface area contributed by atoms with Crippen molar-refractivity contribution in [3.8, 4) is 0 Å². The van der Waals surface area contributed by atoms with Crippen LogP contribution in [0.5, 0.6) is 0 Å². The molecule has 1 nitrogen and oxygen atoms in total. The fourth-order valence-electron chi connectivity index (χ4n) is 2.25. The van der Waals surface area contributed by atoms with Crippen LogP contribution in [0.25, 0.3) is 0 Å². The Morgan fingerprint density at radius 2 is 2.12 bits per heavy atom. The van der Waals surface area contributed by atoms with Gasteiger partial charge >= 0.3 is 0 Å². The highest BCUT2D eigenvalue weighted by Crippen LogP contribution is 2.26. The van der Waals surface area contributed by atoms with Gasteiger partial charge in [0.05, 0.1) is 12.3 Å². The second-order valence-corrected chi connectivity index (χ2v) is 4.36. The van der Waals surface area contributed by atoms with Crippen molar-refractivity contribution in [2.45, 2.75) is 27.3 Å². The van der Waals surface area contributed by atoms with Crippen LogP contribution in [-0.2, 0) is 6.54 Å². The summed E-state index contributed by atoms with van der Waals surface area (Å²) in [4.78, 5) is 4.62. The van der Waals surface area contributed by atoms with E-state index in [1.54, 1.807) is 0 Å². The molecule has 1 aliphatic rings. The first-order chi connectivity index (χ1) is 7.63. The van der Waals surface area contributed by atoms with E-state index in [2.05, 4.69) is 44.5 Å². The predicted molar refractivity (Wildman–Crippen MR) is 70.1 cm³/mol. The summed E-state index contributed by atoms with van der Waals surface area (Å²) in [7, 11) is 0. The Labute approximate surface area is 97.2 Å². The molecule has 0 amide bonds. The van der Waals surface area contributed by atoms with Gasteiger partial charge in [0.2, 0.25) is 0 Å². The number of benzene rings is 1. The van der Waals surface area contributed by atoms with Crippen molar-refractivity contribution in [2.75, 3.05) is 0 Å². The Kier molecular flexibility index (Phi) is 2.78. The highest BCUT2D eigenvalue weighted by atomic mass is 14.8. The number of fused-ring (bicyclic) bond motifs is 1. The minimum absolute atomic E-state index is 0.819. The molecule has 0 N–H and O–H groups in total. The largest absolute Gasteiger partial charge is 0.280 e. The number of hydrogen-bond acceptors (Lipinski definition) is 1. The van der Waals surface area contributed by atoms with Crippen LogP contribution in [0.2, 0.25) is 0 Å². The van der Waals surface area contributed by atoms with Crippen molar-refractivity contribution >= 4 is 5.71 Å². The molecule has 0 aromatic heterocycles. The summed E-state index contributed by atoms with van der Waals surface area (Å²) < 4.78 is 0. The van der Waals surface area contributed by atoms with Crippen molar-refractivity contribution in [1.29, 1.82) is 0 Å². The van der Waals surface area contributed by atoms with Crippen LogP contribution in [-0.4, -0.2) is 5.71 Å². The van der Waals surface area contributed by atoms with Gasteiger partial charge in [-0.3, -0.25) is 4.99 Å². The van der Waals surface area contributed by atoms with Gasteiger partial charge in [0.1, 0.15) is 0 Å². The maximum atomic E-state index is 4.62. The van der Waals surface area contributed by atoms with Gasteiger partial charge in [-0.15, -0.1) is 0 Å². The van der Waals surface area contributed by atoms with Gasteiger partial charge in [0.25, 0.3) is 0 Å². The summed E-state index contributed by atoms with van der Waals surface area (Å²) in [5.41, 5.74) is 7.64. The number of rotatable bonds is 2. The van der Waals surface area contributed by atoms with Crippen molar-refractivity contribution in [2.24, 2.45) is 4.99 Å². The van der Waals surface area contributed by atoms with Crippen LogP contribution in [0.4, 0.5) is 0 Å². The third kappa shape index (κ3) is 1.73. The maximum Gasteiger partial charge on any atom is 0.0683 e. The quantitative estimate of drug-likeness (QED) is 0.661. The lowest BCUT2D eigenvalue weighted by Gasteiger charge is -2.07. The lowest BCUT2D eigenvalue weighted by atomic mass is 9.95. The van der Waals surface area contributed by atoms with Crippen LogP contribution in [0.15, 0.2) is 41.4 Å². The Bertz CT molecular complexity index is 504. The molecule has 0 bridgehead atoms. The van der Waals surface area contributed by atoms with Crippen molar-refractivity contribution in [3.63, 3.8) is 0 Å². The molecule has 0 unspecified atom stereocenters. The van der Waals surface area contributed by atoms with E-state index < -0.39 is 0 Å². The van der Waals surface area contributed by atoms with Gasteiger partial charge in [0.15, 0.2) is 0 Å². The summed E-state index contributed by atoms with van der Waals surface area (Å²) in [6.07, 6.45) is 3.84. The molecule has 0 saturated carbocycles. The van der Waals surface area contributed by atoms with Gasteiger partial charge < -0.3 is 0 Å². The summed E-state index contributed by atoms with van der Waals surface area (Å²) in [6.45, 7) is 10.9. The van der Waals surface area contributed by atoms with Crippen molar-refractivity contribution in [1.82, 2.24) is 0 Å². The van der Waals surface area contributed by atoms with Gasteiger partial charge in [0, 0.05) is 5.56 Å². The average molecular weight is 211 g/mol. The number of aryl methyl sites for hydroxylation is 2. The Balaban J connectivity index is 2.53. The van der Waals surface area contributed by atoms with Crippen LogP contribution in [0.1, 0.15) is 29.2 Å². The zero-order valence-corrected chi connectivity index (χ0v) is 10.2. The smallest absolute Gasteiger partial charge is 0.0683 e. The minimum Gasteiger partial charge on any atom is -0.280 e. The van der Waals surface area contributed by atoms with Crippen LogP contribution in [0, 0.1) is 13.8 Å². The standard InChI is InChI=1S/C15H17N/c1-5-6-11(3)15-13-8-10(2)7-12(4)14(13)9-16-15/h5-8H,1,9H2,2-4H3/b11-6+. The molecule has 0 aliphatic carbocycles. The van der Waals surface area contributed by atoms with E-state index in [1.807, 2.05) is 12.2 Å². The second-order valence-electron chi connectivity index (χ2n) is 4.36. The maximum absolute atomic E-state index is 4.62. The first-order valence-corrected chi connectivity index (χ1v) is 5.58. The Morgan fingerprint density at radius 3 is 2.81 bits per heavy atom. The van der Waals surface area contributed by atoms with Gasteiger partial charge in [-0.2, -0.15) is 0 Å². The Hall–Kier alpha value is -1.63. The lowest BCUT2D eigenvalue weighted by Crippen LogP contribution is -2.01. The number of nitrogens with zero attached hydrogens (tertiary/aromatic N) is 1. The average Bonchev–Trinajstić information content (AvgIpc) is 2.61. The van der Waals surface area contributed by atoms with Gasteiger partial charge in [-0.1, -0.05) is 30.4 Å². The lowest BCUT2D eigenvalue weighted by molar-refractivity contribution is 1.08. The highest BCUT2D eigenvalue weighted by molar-refractivity contribution is 6.15. The summed E-state index contributed by atoms with van der Waals surface area (Å²) in [5, 5.41) is 0. The van der Waals surface area contributed by atoms with Crippen molar-refractivity contribution < 1.29 is 0 Å². The molecule has 0 atom stereocenters. The summed E-state index contributed by atoms with van der Waals surface area (Å²) in [5.74, 6) is 0. The zero-order valence-electron chi connectivity index (χ0n) is 10.2. The summed E-state index contributed by atoms with van der Waals surface area (Å²) in [6, 6.07) is 4.46. The van der Waals surface area contributed by atoms with Crippen LogP contribution >= 0.6 is 0 Å². The first-order valence-electron chi connectivity index (χ1n) is 5.58. The Morgan fingerprint density at radius 1 is 1.38 bits per heavy atom. The van der Waals surface area contributed by atoms with Gasteiger partial charge in [-0.25, -0.2) is 0 Å². The number of aliphatic imine (C=N–C) groups is 1. The topological polar surface area (TPSA) is 12.4 Å². The molecule has 0 spiro atoms. The molecule has 2 rings (SSSR count). The molecule has 1 aliphatic heterocycles. The molecule has 1 heteroatoms. The normalized spacial score (nSPS) is 14.7. The molecule has 0 saturated heterocycles. The molecular formula is C15H17N. The number of hydrogen-bond donors (Lipinski definition) is 0. The van der Waals surface area contributed by atoms with E-state index in [-0.39, 0.29) is 0 Å². The fraction of sp³-hybridized carbons (Fsp3) is 0.267.